The largest absolute Gasteiger partial charge is 0.497 e. The summed E-state index contributed by atoms with van der Waals surface area (Å²) in [6.45, 7) is 2.75. The topological polar surface area (TPSA) is 65.1 Å². The third-order valence-electron chi connectivity index (χ3n) is 3.01. The maximum absolute atomic E-state index is 11.9. The Morgan fingerprint density at radius 2 is 2.04 bits per heavy atom. The van der Waals surface area contributed by atoms with Gasteiger partial charge in [-0.3, -0.25) is 4.79 Å². The van der Waals surface area contributed by atoms with Crippen LogP contribution in [-0.2, 0) is 14.3 Å². The number of carbonyl (C=O) groups is 2. The third-order valence-corrected chi connectivity index (χ3v) is 4.98. The van der Waals surface area contributed by atoms with Gasteiger partial charge in [0.1, 0.15) is 5.75 Å². The summed E-state index contributed by atoms with van der Waals surface area (Å²) in [5.41, 5.74) is 1.15. The number of nitrogens with zero attached hydrogens (tertiary/aromatic N) is 1. The van der Waals surface area contributed by atoms with E-state index in [-0.39, 0.29) is 5.97 Å². The Balaban J connectivity index is 2.90. The number of hydrogen-bond donors (Lipinski definition) is 0. The maximum Gasteiger partial charge on any atom is 0.340 e. The Labute approximate surface area is 152 Å². The van der Waals surface area contributed by atoms with Crippen molar-refractivity contribution >= 4 is 48.0 Å². The van der Waals surface area contributed by atoms with Gasteiger partial charge in [-0.1, -0.05) is 0 Å². The number of hydrogen-bond acceptors (Lipinski definition) is 7. The van der Waals surface area contributed by atoms with Gasteiger partial charge in [-0.15, -0.1) is 0 Å². The highest BCUT2D eigenvalue weighted by Gasteiger charge is 2.19. The Kier molecular flexibility index (Phi) is 9.15. The van der Waals surface area contributed by atoms with Crippen molar-refractivity contribution in [3.05, 3.63) is 23.8 Å². The molecule has 0 saturated heterocycles. The minimum atomic E-state index is -0.413. The number of anilines is 1. The summed E-state index contributed by atoms with van der Waals surface area (Å²) in [5.74, 6) is 0.0155. The van der Waals surface area contributed by atoms with Crippen molar-refractivity contribution in [2.45, 2.75) is 19.8 Å². The summed E-state index contributed by atoms with van der Waals surface area (Å²) in [7, 11) is 4.35. The van der Waals surface area contributed by atoms with E-state index in [1.165, 1.54) is 16.2 Å². The Bertz CT molecular complexity index is 541. The molecule has 8 heteroatoms. The second kappa shape index (κ2) is 10.6. The number of carbonyl (C=O) groups excluding carboxylic acids is 2. The molecule has 0 aromatic heterocycles. The standard InChI is InChI=1S/C15H20INO5S/c1-4-22-14(18)6-5-9-17(23-16)13-10-11(20-2)7-8-12(13)15(19)21-3/h7-8,10H,4-6,9H2,1-3H3. The molecule has 0 amide bonds. The predicted molar refractivity (Wildman–Crippen MR) is 99.2 cm³/mol. The number of methoxy groups -OCH3 is 2. The van der Waals surface area contributed by atoms with Crippen molar-refractivity contribution < 1.29 is 23.8 Å². The lowest BCUT2D eigenvalue weighted by molar-refractivity contribution is -0.143. The minimum absolute atomic E-state index is 0.218. The molecule has 1 rings (SSSR count). The van der Waals surface area contributed by atoms with Gasteiger partial charge in [0.05, 0.1) is 32.1 Å². The van der Waals surface area contributed by atoms with Gasteiger partial charge in [-0.05, 0) is 25.5 Å². The summed E-state index contributed by atoms with van der Waals surface area (Å²) >= 11 is 2.14. The van der Waals surface area contributed by atoms with Gasteiger partial charge in [0.25, 0.3) is 0 Å². The summed E-state index contributed by atoms with van der Waals surface area (Å²) in [4.78, 5) is 23.4. The summed E-state index contributed by atoms with van der Waals surface area (Å²) in [6, 6.07) is 5.16. The minimum Gasteiger partial charge on any atom is -0.497 e. The molecular weight excluding hydrogens is 433 g/mol. The first-order valence-corrected chi connectivity index (χ1v) is 10.4. The van der Waals surface area contributed by atoms with Crippen LogP contribution in [0.3, 0.4) is 0 Å². The van der Waals surface area contributed by atoms with E-state index in [2.05, 4.69) is 21.2 Å². The normalized spacial score (nSPS) is 10.1. The SMILES string of the molecule is CCOC(=O)CCCN(SI)c1cc(OC)ccc1C(=O)OC. The van der Waals surface area contributed by atoms with Crippen LogP contribution in [0.2, 0.25) is 0 Å². The van der Waals surface area contributed by atoms with Gasteiger partial charge >= 0.3 is 11.9 Å². The highest BCUT2D eigenvalue weighted by Crippen LogP contribution is 2.34. The van der Waals surface area contributed by atoms with Crippen LogP contribution >= 0.6 is 30.3 Å². The fourth-order valence-corrected chi connectivity index (χ4v) is 3.57. The van der Waals surface area contributed by atoms with Crippen LogP contribution in [0.5, 0.6) is 5.75 Å². The number of esters is 2. The lowest BCUT2D eigenvalue weighted by Gasteiger charge is -2.23. The van der Waals surface area contributed by atoms with E-state index in [9.17, 15) is 9.59 Å². The zero-order valence-electron chi connectivity index (χ0n) is 13.3. The molecule has 0 N–H and O–H groups in total. The first kappa shape index (κ1) is 19.9. The quantitative estimate of drug-likeness (QED) is 0.322. The van der Waals surface area contributed by atoms with Crippen LogP contribution in [0.4, 0.5) is 5.69 Å². The van der Waals surface area contributed by atoms with Crippen LogP contribution in [0.15, 0.2) is 18.2 Å². The Morgan fingerprint density at radius 1 is 1.30 bits per heavy atom. The molecule has 0 unspecified atom stereocenters. The van der Waals surface area contributed by atoms with Crippen molar-refractivity contribution in [1.29, 1.82) is 0 Å². The van der Waals surface area contributed by atoms with Crippen LogP contribution in [0.25, 0.3) is 0 Å². The number of halogens is 1. The van der Waals surface area contributed by atoms with E-state index in [0.717, 1.165) is 0 Å². The molecule has 0 atom stereocenters. The molecule has 23 heavy (non-hydrogen) atoms. The zero-order valence-corrected chi connectivity index (χ0v) is 16.3. The molecule has 0 aliphatic heterocycles. The molecule has 6 nitrogen and oxygen atoms in total. The van der Waals surface area contributed by atoms with Crippen molar-refractivity contribution in [3.8, 4) is 5.75 Å². The number of rotatable bonds is 9. The van der Waals surface area contributed by atoms with E-state index in [4.69, 9.17) is 14.2 Å². The average Bonchev–Trinajstić information content (AvgIpc) is 2.57. The van der Waals surface area contributed by atoms with Gasteiger partial charge in [0.2, 0.25) is 0 Å². The molecule has 0 aliphatic rings. The van der Waals surface area contributed by atoms with E-state index in [1.54, 1.807) is 32.2 Å². The first-order chi connectivity index (χ1) is 11.1. The molecule has 1 aromatic rings. The fraction of sp³-hybridized carbons (Fsp3) is 0.467. The molecule has 128 valence electrons. The average molecular weight is 453 g/mol. The lowest BCUT2D eigenvalue weighted by atomic mass is 10.1. The van der Waals surface area contributed by atoms with Gasteiger partial charge in [0.15, 0.2) is 0 Å². The van der Waals surface area contributed by atoms with Crippen LogP contribution in [0, 0.1) is 0 Å². The van der Waals surface area contributed by atoms with E-state index in [1.807, 2.05) is 4.31 Å². The predicted octanol–water partition coefficient (Wildman–Crippen LogP) is 3.63. The summed E-state index contributed by atoms with van der Waals surface area (Å²) in [6.07, 6.45) is 0.950. The van der Waals surface area contributed by atoms with Gasteiger partial charge in [0, 0.05) is 49.4 Å². The maximum atomic E-state index is 11.9. The lowest BCUT2D eigenvalue weighted by Crippen LogP contribution is -2.19. The van der Waals surface area contributed by atoms with Crippen molar-refractivity contribution in [3.63, 3.8) is 0 Å². The van der Waals surface area contributed by atoms with Crippen LogP contribution in [-0.4, -0.2) is 39.3 Å². The molecule has 1 aromatic carbocycles. The van der Waals surface area contributed by atoms with Crippen molar-refractivity contribution in [2.75, 3.05) is 31.7 Å². The van der Waals surface area contributed by atoms with Crippen molar-refractivity contribution in [1.82, 2.24) is 0 Å². The summed E-state index contributed by atoms with van der Waals surface area (Å²) in [5, 5.41) is 0. The fourth-order valence-electron chi connectivity index (χ4n) is 1.92. The smallest absolute Gasteiger partial charge is 0.340 e. The molecule has 0 heterocycles. The first-order valence-electron chi connectivity index (χ1n) is 7.05. The highest BCUT2D eigenvalue weighted by atomic mass is 127. The van der Waals surface area contributed by atoms with Gasteiger partial charge < -0.3 is 18.5 Å². The van der Waals surface area contributed by atoms with E-state index in [0.29, 0.717) is 43.0 Å². The van der Waals surface area contributed by atoms with Crippen molar-refractivity contribution in [2.24, 2.45) is 0 Å². The molecule has 0 fully saturated rings. The monoisotopic (exact) mass is 453 g/mol. The molecule has 0 bridgehead atoms. The second-order valence-electron chi connectivity index (χ2n) is 4.45. The van der Waals surface area contributed by atoms with E-state index >= 15 is 0 Å². The van der Waals surface area contributed by atoms with Gasteiger partial charge in [-0.25, -0.2) is 4.79 Å². The summed E-state index contributed by atoms with van der Waals surface area (Å²) < 4.78 is 16.9. The van der Waals surface area contributed by atoms with Gasteiger partial charge in [-0.2, -0.15) is 0 Å². The Hall–Kier alpha value is -1.16. The number of benzene rings is 1. The highest BCUT2D eigenvalue weighted by molar-refractivity contribution is 14.2. The molecular formula is C15H20INO5S. The third kappa shape index (κ3) is 6.09. The molecule has 0 radical (unpaired) electrons. The van der Waals surface area contributed by atoms with E-state index < -0.39 is 5.97 Å². The second-order valence-corrected chi connectivity index (χ2v) is 6.21. The number of ether oxygens (including phenoxy) is 3. The Morgan fingerprint density at radius 3 is 2.61 bits per heavy atom. The molecule has 0 spiro atoms. The zero-order chi connectivity index (χ0) is 17.2. The van der Waals surface area contributed by atoms with Crippen LogP contribution < -0.4 is 9.04 Å². The van der Waals surface area contributed by atoms with Crippen LogP contribution in [0.1, 0.15) is 30.1 Å². The molecule has 0 aliphatic carbocycles. The molecule has 0 saturated carbocycles.